The van der Waals surface area contributed by atoms with Gasteiger partial charge in [-0.2, -0.15) is 0 Å². The summed E-state index contributed by atoms with van der Waals surface area (Å²) in [5, 5.41) is 3.17. The number of amides is 3. The third-order valence-electron chi connectivity index (χ3n) is 6.90. The van der Waals surface area contributed by atoms with Gasteiger partial charge in [-0.15, -0.1) is 0 Å². The van der Waals surface area contributed by atoms with Crippen LogP contribution in [0.4, 0.5) is 9.18 Å². The van der Waals surface area contributed by atoms with E-state index in [4.69, 9.17) is 9.15 Å². The molecule has 0 unspecified atom stereocenters. The van der Waals surface area contributed by atoms with Crippen LogP contribution in [0.3, 0.4) is 0 Å². The molecule has 2 heterocycles. The quantitative estimate of drug-likeness (QED) is 0.539. The summed E-state index contributed by atoms with van der Waals surface area (Å²) in [7, 11) is 0. The zero-order valence-corrected chi connectivity index (χ0v) is 20.9. The molecule has 36 heavy (non-hydrogen) atoms. The fraction of sp³-hybridized carbons (Fsp3) is 0.556. The Morgan fingerprint density at radius 3 is 2.44 bits per heavy atom. The van der Waals surface area contributed by atoms with Gasteiger partial charge in [-0.3, -0.25) is 9.69 Å². The van der Waals surface area contributed by atoms with Crippen LogP contribution in [0.25, 0.3) is 0 Å². The first-order valence-electron chi connectivity index (χ1n) is 13.0. The summed E-state index contributed by atoms with van der Waals surface area (Å²) in [6, 6.07) is 9.68. The van der Waals surface area contributed by atoms with Crippen LogP contribution < -0.4 is 5.32 Å². The van der Waals surface area contributed by atoms with Crippen molar-refractivity contribution in [3.63, 3.8) is 0 Å². The van der Waals surface area contributed by atoms with Crippen LogP contribution in [-0.2, 0) is 22.6 Å². The standard InChI is InChI=1S/C27H37FN4O4/c28-23-10-8-22(9-11-23)19-32(20-25-7-4-16-36-25)26(33)21-31(13-12-30-14-17-35-18-15-30)27(34)29-24-5-2-1-3-6-24/h4,7-11,16,24H,1-3,5-6,12-15,17-21H2,(H,29,34). The average molecular weight is 501 g/mol. The van der Waals surface area contributed by atoms with E-state index in [0.717, 1.165) is 44.3 Å². The molecule has 4 rings (SSSR count). The lowest BCUT2D eigenvalue weighted by atomic mass is 9.96. The molecule has 0 atom stereocenters. The van der Waals surface area contributed by atoms with Crippen molar-refractivity contribution in [1.82, 2.24) is 20.0 Å². The van der Waals surface area contributed by atoms with Gasteiger partial charge >= 0.3 is 6.03 Å². The Balaban J connectivity index is 1.44. The van der Waals surface area contributed by atoms with E-state index in [1.165, 1.54) is 18.6 Å². The van der Waals surface area contributed by atoms with E-state index < -0.39 is 0 Å². The second kappa shape index (κ2) is 13.4. The minimum atomic E-state index is -0.323. The predicted octanol–water partition coefficient (Wildman–Crippen LogP) is 3.62. The smallest absolute Gasteiger partial charge is 0.318 e. The third kappa shape index (κ3) is 8.06. The van der Waals surface area contributed by atoms with E-state index >= 15 is 0 Å². The lowest BCUT2D eigenvalue weighted by Gasteiger charge is -2.32. The molecule has 196 valence electrons. The van der Waals surface area contributed by atoms with Gasteiger partial charge in [-0.1, -0.05) is 31.4 Å². The number of furan rings is 1. The molecule has 2 fully saturated rings. The maximum Gasteiger partial charge on any atom is 0.318 e. The number of morpholine rings is 1. The first-order valence-corrected chi connectivity index (χ1v) is 13.0. The average Bonchev–Trinajstić information content (AvgIpc) is 3.41. The van der Waals surface area contributed by atoms with Gasteiger partial charge in [0.05, 0.1) is 26.0 Å². The Hall–Kier alpha value is -2.91. The molecule has 0 bridgehead atoms. The van der Waals surface area contributed by atoms with Gasteiger partial charge in [0.15, 0.2) is 0 Å². The van der Waals surface area contributed by atoms with Crippen molar-refractivity contribution in [3.8, 4) is 0 Å². The molecule has 1 aromatic carbocycles. The summed E-state index contributed by atoms with van der Waals surface area (Å²) in [6.45, 7) is 4.67. The van der Waals surface area contributed by atoms with Gasteiger partial charge in [0, 0.05) is 38.8 Å². The minimum Gasteiger partial charge on any atom is -0.467 e. The highest BCUT2D eigenvalue weighted by Crippen LogP contribution is 2.18. The van der Waals surface area contributed by atoms with Crippen molar-refractivity contribution < 1.29 is 23.1 Å². The second-order valence-corrected chi connectivity index (χ2v) is 9.62. The van der Waals surface area contributed by atoms with Crippen LogP contribution in [0.15, 0.2) is 47.1 Å². The lowest BCUT2D eigenvalue weighted by Crippen LogP contribution is -2.52. The third-order valence-corrected chi connectivity index (χ3v) is 6.90. The molecule has 2 aromatic rings. The van der Waals surface area contributed by atoms with Crippen LogP contribution in [0.2, 0.25) is 0 Å². The van der Waals surface area contributed by atoms with Crippen LogP contribution >= 0.6 is 0 Å². The fourth-order valence-electron chi connectivity index (χ4n) is 4.75. The predicted molar refractivity (Wildman–Crippen MR) is 134 cm³/mol. The summed E-state index contributed by atoms with van der Waals surface area (Å²) < 4.78 is 24.3. The summed E-state index contributed by atoms with van der Waals surface area (Å²) in [5.74, 6) is 0.143. The number of nitrogens with zero attached hydrogens (tertiary/aromatic N) is 3. The molecule has 1 saturated carbocycles. The number of carbonyl (C=O) groups excluding carboxylic acids is 2. The molecular formula is C27H37FN4O4. The van der Waals surface area contributed by atoms with E-state index in [1.807, 2.05) is 6.07 Å². The van der Waals surface area contributed by atoms with Crippen LogP contribution in [-0.4, -0.2) is 78.6 Å². The number of rotatable bonds is 10. The van der Waals surface area contributed by atoms with Crippen LogP contribution in [0, 0.1) is 5.82 Å². The van der Waals surface area contributed by atoms with E-state index in [9.17, 15) is 14.0 Å². The molecular weight excluding hydrogens is 463 g/mol. The maximum atomic E-state index is 13.6. The topological polar surface area (TPSA) is 78.3 Å². The van der Waals surface area contributed by atoms with Gasteiger partial charge in [-0.25, -0.2) is 9.18 Å². The molecule has 3 amide bonds. The fourth-order valence-corrected chi connectivity index (χ4v) is 4.75. The molecule has 0 spiro atoms. The zero-order chi connectivity index (χ0) is 25.2. The summed E-state index contributed by atoms with van der Waals surface area (Å²) in [5.41, 5.74) is 0.808. The normalized spacial score (nSPS) is 17.0. The van der Waals surface area contributed by atoms with Crippen molar-refractivity contribution >= 4 is 11.9 Å². The van der Waals surface area contributed by atoms with Gasteiger partial charge in [0.1, 0.15) is 18.1 Å². The Morgan fingerprint density at radius 2 is 1.75 bits per heavy atom. The number of halogens is 1. The molecule has 1 aromatic heterocycles. The van der Waals surface area contributed by atoms with Crippen molar-refractivity contribution in [2.24, 2.45) is 0 Å². The maximum absolute atomic E-state index is 13.6. The van der Waals surface area contributed by atoms with Crippen molar-refractivity contribution in [2.45, 2.75) is 51.2 Å². The Labute approximate surface area is 212 Å². The Bertz CT molecular complexity index is 941. The van der Waals surface area contributed by atoms with E-state index in [0.29, 0.717) is 38.6 Å². The first-order chi connectivity index (χ1) is 17.6. The molecule has 8 nitrogen and oxygen atoms in total. The minimum absolute atomic E-state index is 0.0369. The summed E-state index contributed by atoms with van der Waals surface area (Å²) in [4.78, 5) is 32.4. The molecule has 1 aliphatic carbocycles. The zero-order valence-electron chi connectivity index (χ0n) is 20.9. The highest BCUT2D eigenvalue weighted by molar-refractivity contribution is 5.84. The molecule has 1 aliphatic heterocycles. The number of benzene rings is 1. The van der Waals surface area contributed by atoms with E-state index in [-0.39, 0.29) is 36.9 Å². The molecule has 1 N–H and O–H groups in total. The van der Waals surface area contributed by atoms with E-state index in [2.05, 4.69) is 10.2 Å². The number of carbonyl (C=O) groups is 2. The van der Waals surface area contributed by atoms with Gasteiger partial charge < -0.3 is 24.3 Å². The number of hydrogen-bond donors (Lipinski definition) is 1. The Kier molecular flexibility index (Phi) is 9.75. The van der Waals surface area contributed by atoms with Gasteiger partial charge in [0.2, 0.25) is 5.91 Å². The highest BCUT2D eigenvalue weighted by Gasteiger charge is 2.25. The lowest BCUT2D eigenvalue weighted by molar-refractivity contribution is -0.133. The molecule has 2 aliphatic rings. The van der Waals surface area contributed by atoms with Gasteiger partial charge in [-0.05, 0) is 42.7 Å². The van der Waals surface area contributed by atoms with Crippen LogP contribution in [0.5, 0.6) is 0 Å². The summed E-state index contributed by atoms with van der Waals surface area (Å²) >= 11 is 0. The number of ether oxygens (including phenoxy) is 1. The largest absolute Gasteiger partial charge is 0.467 e. The molecule has 9 heteroatoms. The van der Waals surface area contributed by atoms with Crippen molar-refractivity contribution in [1.29, 1.82) is 0 Å². The number of hydrogen-bond acceptors (Lipinski definition) is 5. The van der Waals surface area contributed by atoms with Crippen LogP contribution in [0.1, 0.15) is 43.4 Å². The molecule has 0 radical (unpaired) electrons. The van der Waals surface area contributed by atoms with Crippen molar-refractivity contribution in [2.75, 3.05) is 45.9 Å². The Morgan fingerprint density at radius 1 is 1.00 bits per heavy atom. The second-order valence-electron chi connectivity index (χ2n) is 9.62. The van der Waals surface area contributed by atoms with Gasteiger partial charge in [0.25, 0.3) is 0 Å². The first kappa shape index (κ1) is 26.2. The highest BCUT2D eigenvalue weighted by atomic mass is 19.1. The SMILES string of the molecule is O=C(CN(CCN1CCOCC1)C(=O)NC1CCCCC1)N(Cc1ccc(F)cc1)Cc1ccco1. The number of urea groups is 1. The van der Waals surface area contributed by atoms with E-state index in [1.54, 1.807) is 34.3 Å². The summed E-state index contributed by atoms with van der Waals surface area (Å²) in [6.07, 6.45) is 6.97. The molecule has 1 saturated heterocycles. The number of nitrogens with one attached hydrogen (secondary N) is 1. The monoisotopic (exact) mass is 500 g/mol. The van der Waals surface area contributed by atoms with Crippen molar-refractivity contribution in [3.05, 3.63) is 59.8 Å².